The van der Waals surface area contributed by atoms with Crippen LogP contribution in [-0.4, -0.2) is 36.3 Å². The van der Waals surface area contributed by atoms with Crippen LogP contribution >= 0.6 is 0 Å². The molecule has 0 saturated carbocycles. The molecule has 21 heavy (non-hydrogen) atoms. The summed E-state index contributed by atoms with van der Waals surface area (Å²) in [6, 6.07) is 7.78. The van der Waals surface area contributed by atoms with Crippen molar-refractivity contribution in [2.24, 2.45) is 0 Å². The maximum atomic E-state index is 11.5. The normalized spacial score (nSPS) is 11.3. The van der Waals surface area contributed by atoms with E-state index < -0.39 is 24.1 Å². The Kier molecular flexibility index (Phi) is 6.73. The Bertz CT molecular complexity index is 487. The fourth-order valence-electron chi connectivity index (χ4n) is 1.53. The number of rotatable bonds is 7. The van der Waals surface area contributed by atoms with Crippen LogP contribution in [0.25, 0.3) is 0 Å². The molecule has 0 aliphatic heterocycles. The van der Waals surface area contributed by atoms with Crippen LogP contribution in [0.3, 0.4) is 0 Å². The minimum atomic E-state index is -1.24. The van der Waals surface area contributed by atoms with Gasteiger partial charge in [0.2, 0.25) is 0 Å². The number of nitrogens with one attached hydrogen (secondary N) is 1. The summed E-state index contributed by atoms with van der Waals surface area (Å²) in [5.41, 5.74) is 0.786. The van der Waals surface area contributed by atoms with Gasteiger partial charge in [-0.05, 0) is 12.0 Å². The second-order valence-corrected chi connectivity index (χ2v) is 4.21. The molecule has 0 aromatic heterocycles. The van der Waals surface area contributed by atoms with Crippen LogP contribution in [0.15, 0.2) is 30.3 Å². The molecule has 7 heteroatoms. The first-order valence-electron chi connectivity index (χ1n) is 6.29. The van der Waals surface area contributed by atoms with E-state index in [1.807, 2.05) is 6.07 Å². The molecule has 7 nitrogen and oxygen atoms in total. The lowest BCUT2D eigenvalue weighted by Gasteiger charge is -2.14. The van der Waals surface area contributed by atoms with Crippen LogP contribution in [0.4, 0.5) is 4.79 Å². The molecule has 0 saturated heterocycles. The summed E-state index contributed by atoms with van der Waals surface area (Å²) in [5.74, 6) is -1.78. The van der Waals surface area contributed by atoms with E-state index in [-0.39, 0.29) is 19.4 Å². The van der Waals surface area contributed by atoms with Gasteiger partial charge in [0.25, 0.3) is 0 Å². The van der Waals surface area contributed by atoms with E-state index in [0.29, 0.717) is 0 Å². The third-order valence-corrected chi connectivity index (χ3v) is 2.67. The van der Waals surface area contributed by atoms with E-state index in [9.17, 15) is 14.4 Å². The second kappa shape index (κ2) is 8.57. The van der Waals surface area contributed by atoms with Gasteiger partial charge in [-0.1, -0.05) is 30.3 Å². The maximum Gasteiger partial charge on any atom is 0.408 e. The summed E-state index contributed by atoms with van der Waals surface area (Å²) in [5, 5.41) is 11.2. The van der Waals surface area contributed by atoms with Crippen LogP contribution in [0.2, 0.25) is 0 Å². The van der Waals surface area contributed by atoms with Gasteiger partial charge in [-0.2, -0.15) is 0 Å². The topological polar surface area (TPSA) is 102 Å². The van der Waals surface area contributed by atoms with Gasteiger partial charge in [-0.3, -0.25) is 4.79 Å². The van der Waals surface area contributed by atoms with E-state index in [1.165, 1.54) is 7.11 Å². The molecular weight excluding hydrogens is 279 g/mol. The highest BCUT2D eigenvalue weighted by molar-refractivity contribution is 5.80. The molecular formula is C14H17NO6. The first-order valence-corrected chi connectivity index (χ1v) is 6.29. The Morgan fingerprint density at radius 3 is 2.48 bits per heavy atom. The molecule has 2 N–H and O–H groups in total. The first kappa shape index (κ1) is 16.5. The van der Waals surface area contributed by atoms with Crippen LogP contribution in [-0.2, 0) is 25.7 Å². The summed E-state index contributed by atoms with van der Waals surface area (Å²) in [4.78, 5) is 33.5. The largest absolute Gasteiger partial charge is 0.480 e. The third kappa shape index (κ3) is 6.42. The number of esters is 1. The molecule has 1 amide bonds. The van der Waals surface area contributed by atoms with Gasteiger partial charge in [0.15, 0.2) is 0 Å². The van der Waals surface area contributed by atoms with Gasteiger partial charge in [-0.15, -0.1) is 0 Å². The highest BCUT2D eigenvalue weighted by atomic mass is 16.5. The number of amides is 1. The number of hydrogen-bond acceptors (Lipinski definition) is 5. The molecule has 0 aliphatic carbocycles. The van der Waals surface area contributed by atoms with Crippen molar-refractivity contribution >= 4 is 18.0 Å². The number of carboxylic acid groups (broad SMARTS) is 1. The van der Waals surface area contributed by atoms with E-state index >= 15 is 0 Å². The zero-order valence-electron chi connectivity index (χ0n) is 11.6. The first-order chi connectivity index (χ1) is 10.0. The monoisotopic (exact) mass is 296 g/mol. The number of ether oxygens (including phenoxy) is 2. The van der Waals surface area contributed by atoms with Crippen molar-refractivity contribution in [3.8, 4) is 0 Å². The highest BCUT2D eigenvalue weighted by Crippen LogP contribution is 2.03. The molecule has 0 radical (unpaired) electrons. The van der Waals surface area contributed by atoms with Crippen LogP contribution in [0.1, 0.15) is 18.4 Å². The number of benzene rings is 1. The zero-order chi connectivity index (χ0) is 15.7. The van der Waals surface area contributed by atoms with Crippen molar-refractivity contribution in [3.63, 3.8) is 0 Å². The van der Waals surface area contributed by atoms with Crippen molar-refractivity contribution in [3.05, 3.63) is 35.9 Å². The number of carbonyl (C=O) groups is 3. The van der Waals surface area contributed by atoms with Gasteiger partial charge in [0.05, 0.1) is 7.11 Å². The van der Waals surface area contributed by atoms with E-state index in [2.05, 4.69) is 10.1 Å². The fourth-order valence-corrected chi connectivity index (χ4v) is 1.53. The summed E-state index contributed by atoms with van der Waals surface area (Å²) in [7, 11) is 1.21. The minimum Gasteiger partial charge on any atom is -0.480 e. The van der Waals surface area contributed by atoms with E-state index in [4.69, 9.17) is 9.84 Å². The number of alkyl carbamates (subject to hydrolysis) is 1. The third-order valence-electron chi connectivity index (χ3n) is 2.67. The van der Waals surface area contributed by atoms with E-state index in [0.717, 1.165) is 5.56 Å². The molecule has 1 atom stereocenters. The number of aliphatic carboxylic acids is 1. The highest BCUT2D eigenvalue weighted by Gasteiger charge is 2.21. The van der Waals surface area contributed by atoms with Gasteiger partial charge in [0, 0.05) is 6.42 Å². The molecule has 0 unspecified atom stereocenters. The number of hydrogen-bond donors (Lipinski definition) is 2. The molecule has 1 rings (SSSR count). The Labute approximate surface area is 121 Å². The molecule has 0 aliphatic rings. The Hall–Kier alpha value is -2.57. The average molecular weight is 296 g/mol. The maximum absolute atomic E-state index is 11.5. The summed E-state index contributed by atoms with van der Waals surface area (Å²) in [6.45, 7) is 0.0377. The predicted molar refractivity (Wildman–Crippen MR) is 72.4 cm³/mol. The van der Waals surface area contributed by atoms with Gasteiger partial charge in [0.1, 0.15) is 12.6 Å². The van der Waals surface area contributed by atoms with Crippen molar-refractivity contribution < 1.29 is 29.0 Å². The van der Waals surface area contributed by atoms with Crippen LogP contribution < -0.4 is 5.32 Å². The SMILES string of the molecule is COC(=O)[13CH2]C[C@H](NC(=O)OCc1ccccc1)C(=O)O. The van der Waals surface area contributed by atoms with Gasteiger partial charge >= 0.3 is 18.0 Å². The molecule has 1 aromatic carbocycles. The van der Waals surface area contributed by atoms with Gasteiger partial charge in [-0.25, -0.2) is 9.59 Å². The van der Waals surface area contributed by atoms with Crippen molar-refractivity contribution in [1.82, 2.24) is 5.32 Å². The second-order valence-electron chi connectivity index (χ2n) is 4.21. The summed E-state index contributed by atoms with van der Waals surface area (Å²) in [6.07, 6.45) is -1.02. The number of methoxy groups -OCH3 is 1. The minimum absolute atomic E-state index is 0.0377. The zero-order valence-corrected chi connectivity index (χ0v) is 11.6. The summed E-state index contributed by atoms with van der Waals surface area (Å²) >= 11 is 0. The van der Waals surface area contributed by atoms with Crippen LogP contribution in [0, 0.1) is 0 Å². The Balaban J connectivity index is 2.41. The van der Waals surface area contributed by atoms with Gasteiger partial charge < -0.3 is 19.9 Å². The lowest BCUT2D eigenvalue weighted by molar-refractivity contribution is -0.142. The number of carboxylic acids is 1. The predicted octanol–water partition coefficient (Wildman–Crippen LogP) is 1.32. The standard InChI is InChI=1S/C14H17NO6/c1-20-12(16)8-7-11(13(17)18)15-14(19)21-9-10-5-3-2-4-6-10/h2-6,11H,7-9H2,1H3,(H,15,19)(H,17,18)/t11-/m0/s1/i8+1. The smallest absolute Gasteiger partial charge is 0.408 e. The lowest BCUT2D eigenvalue weighted by Crippen LogP contribution is -2.41. The van der Waals surface area contributed by atoms with E-state index in [1.54, 1.807) is 24.3 Å². The van der Waals surface area contributed by atoms with Crippen molar-refractivity contribution in [2.45, 2.75) is 25.5 Å². The lowest BCUT2D eigenvalue weighted by atomic mass is 10.2. The van der Waals surface area contributed by atoms with Crippen molar-refractivity contribution in [2.75, 3.05) is 7.11 Å². The fraction of sp³-hybridized carbons (Fsp3) is 0.357. The number of carbonyl (C=O) groups excluding carboxylic acids is 2. The Morgan fingerprint density at radius 1 is 1.24 bits per heavy atom. The average Bonchev–Trinajstić information content (AvgIpc) is 2.49. The van der Waals surface area contributed by atoms with Crippen molar-refractivity contribution in [1.29, 1.82) is 0 Å². The molecule has 0 fully saturated rings. The molecule has 0 spiro atoms. The molecule has 0 bridgehead atoms. The molecule has 1 aromatic rings. The quantitative estimate of drug-likeness (QED) is 0.581. The van der Waals surface area contributed by atoms with Crippen LogP contribution in [0.5, 0.6) is 0 Å². The molecule has 0 heterocycles. The molecule has 114 valence electrons. The summed E-state index contributed by atoms with van der Waals surface area (Å²) < 4.78 is 9.33. The Morgan fingerprint density at radius 2 is 1.90 bits per heavy atom.